The molecule has 0 saturated carbocycles. The van der Waals surface area contributed by atoms with Gasteiger partial charge in [-0.15, -0.1) is 0 Å². The molecule has 3 nitrogen and oxygen atoms in total. The number of hydrogen-bond acceptors (Lipinski definition) is 3. The van der Waals surface area contributed by atoms with Gasteiger partial charge in [0, 0.05) is 31.4 Å². The molecule has 0 amide bonds. The van der Waals surface area contributed by atoms with Gasteiger partial charge in [0.15, 0.2) is 11.6 Å². The van der Waals surface area contributed by atoms with Crippen LogP contribution in [0.3, 0.4) is 0 Å². The summed E-state index contributed by atoms with van der Waals surface area (Å²) >= 11 is 0. The minimum Gasteiger partial charge on any atom is -0.454 e. The highest BCUT2D eigenvalue weighted by atomic mass is 19.1. The lowest BCUT2D eigenvalue weighted by Gasteiger charge is -2.15. The van der Waals surface area contributed by atoms with E-state index in [-0.39, 0.29) is 12.4 Å². The third-order valence-corrected chi connectivity index (χ3v) is 2.77. The van der Waals surface area contributed by atoms with Crippen molar-refractivity contribution in [2.75, 3.05) is 19.0 Å². The van der Waals surface area contributed by atoms with Crippen LogP contribution in [-0.2, 0) is 6.61 Å². The molecule has 1 N–H and O–H groups in total. The normalized spacial score (nSPS) is 10.3. The molecule has 0 aliphatic heterocycles. The number of anilines is 1. The van der Waals surface area contributed by atoms with Gasteiger partial charge in [0.25, 0.3) is 0 Å². The van der Waals surface area contributed by atoms with Crippen LogP contribution in [0.1, 0.15) is 5.56 Å². The van der Waals surface area contributed by atoms with Crippen LogP contribution in [0.25, 0.3) is 0 Å². The Morgan fingerprint density at radius 3 is 2.58 bits per heavy atom. The van der Waals surface area contributed by atoms with E-state index in [1.54, 1.807) is 18.2 Å². The number of aliphatic hydroxyl groups excluding tert-OH is 1. The lowest BCUT2D eigenvalue weighted by molar-refractivity contribution is 0.274. The molecule has 100 valence electrons. The lowest BCUT2D eigenvalue weighted by atomic mass is 10.2. The van der Waals surface area contributed by atoms with Crippen LogP contribution in [0.5, 0.6) is 11.5 Å². The molecule has 19 heavy (non-hydrogen) atoms. The van der Waals surface area contributed by atoms with Gasteiger partial charge < -0.3 is 14.7 Å². The Kier molecular flexibility index (Phi) is 4.02. The molecule has 2 aromatic carbocycles. The quantitative estimate of drug-likeness (QED) is 0.917. The molecule has 4 heteroatoms. The van der Waals surface area contributed by atoms with Crippen LogP contribution in [-0.4, -0.2) is 19.2 Å². The van der Waals surface area contributed by atoms with Crippen molar-refractivity contribution in [3.8, 4) is 11.5 Å². The maximum Gasteiger partial charge on any atom is 0.168 e. The summed E-state index contributed by atoms with van der Waals surface area (Å²) in [6, 6.07) is 11.8. The van der Waals surface area contributed by atoms with Crippen LogP contribution in [0, 0.1) is 5.82 Å². The average Bonchev–Trinajstić information content (AvgIpc) is 2.41. The molecule has 0 aliphatic carbocycles. The number of benzene rings is 2. The molecule has 2 rings (SSSR count). The average molecular weight is 261 g/mol. The molecular formula is C15H16FNO2. The third kappa shape index (κ3) is 3.03. The fraction of sp³-hybridized carbons (Fsp3) is 0.200. The van der Waals surface area contributed by atoms with Crippen molar-refractivity contribution in [3.63, 3.8) is 0 Å². The SMILES string of the molecule is CN(C)c1cccc(Oc2c(F)cccc2CO)c1. The van der Waals surface area contributed by atoms with Gasteiger partial charge in [-0.05, 0) is 18.2 Å². The fourth-order valence-electron chi connectivity index (χ4n) is 1.74. The van der Waals surface area contributed by atoms with E-state index in [2.05, 4.69) is 0 Å². The summed E-state index contributed by atoms with van der Waals surface area (Å²) in [5.41, 5.74) is 1.38. The summed E-state index contributed by atoms with van der Waals surface area (Å²) < 4.78 is 19.3. The summed E-state index contributed by atoms with van der Waals surface area (Å²) in [7, 11) is 3.84. The van der Waals surface area contributed by atoms with Gasteiger partial charge in [-0.1, -0.05) is 18.2 Å². The van der Waals surface area contributed by atoms with E-state index in [4.69, 9.17) is 4.74 Å². The molecule has 0 atom stereocenters. The van der Waals surface area contributed by atoms with E-state index in [9.17, 15) is 9.50 Å². The molecule has 0 spiro atoms. The molecule has 0 fully saturated rings. The zero-order valence-corrected chi connectivity index (χ0v) is 10.9. The second-order valence-electron chi connectivity index (χ2n) is 4.38. The topological polar surface area (TPSA) is 32.7 Å². The zero-order chi connectivity index (χ0) is 13.8. The first-order valence-electron chi connectivity index (χ1n) is 5.95. The molecule has 0 bridgehead atoms. The Labute approximate surface area is 111 Å². The van der Waals surface area contributed by atoms with Gasteiger partial charge in [-0.25, -0.2) is 4.39 Å². The minimum absolute atomic E-state index is 0.0703. The third-order valence-electron chi connectivity index (χ3n) is 2.77. The zero-order valence-electron chi connectivity index (χ0n) is 10.9. The Hall–Kier alpha value is -2.07. The number of nitrogens with zero attached hydrogens (tertiary/aromatic N) is 1. The first-order valence-corrected chi connectivity index (χ1v) is 5.95. The van der Waals surface area contributed by atoms with E-state index >= 15 is 0 Å². The molecule has 0 unspecified atom stereocenters. The Morgan fingerprint density at radius 2 is 1.89 bits per heavy atom. The fourth-order valence-corrected chi connectivity index (χ4v) is 1.74. The second kappa shape index (κ2) is 5.71. The summed E-state index contributed by atoms with van der Waals surface area (Å²) in [6.45, 7) is -0.263. The summed E-state index contributed by atoms with van der Waals surface area (Å²) in [5.74, 6) is 0.119. The Bertz CT molecular complexity index is 570. The van der Waals surface area contributed by atoms with Gasteiger partial charge in [0.1, 0.15) is 5.75 Å². The first-order chi connectivity index (χ1) is 9.11. The molecular weight excluding hydrogens is 245 g/mol. The van der Waals surface area contributed by atoms with Gasteiger partial charge in [-0.3, -0.25) is 0 Å². The highest BCUT2D eigenvalue weighted by Gasteiger charge is 2.10. The number of hydrogen-bond donors (Lipinski definition) is 1. The van der Waals surface area contributed by atoms with E-state index in [1.807, 2.05) is 37.2 Å². The number of rotatable bonds is 4. The molecule has 2 aromatic rings. The van der Waals surface area contributed by atoms with Crippen LogP contribution in [0.15, 0.2) is 42.5 Å². The van der Waals surface area contributed by atoms with E-state index in [0.29, 0.717) is 11.3 Å². The standard InChI is InChI=1S/C15H16FNO2/c1-17(2)12-6-4-7-13(9-12)19-15-11(10-18)5-3-8-14(15)16/h3-9,18H,10H2,1-2H3. The Morgan fingerprint density at radius 1 is 1.16 bits per heavy atom. The van der Waals surface area contributed by atoms with Crippen molar-refractivity contribution >= 4 is 5.69 Å². The van der Waals surface area contributed by atoms with Crippen molar-refractivity contribution < 1.29 is 14.2 Å². The van der Waals surface area contributed by atoms with Crippen molar-refractivity contribution in [1.29, 1.82) is 0 Å². The highest BCUT2D eigenvalue weighted by Crippen LogP contribution is 2.30. The largest absolute Gasteiger partial charge is 0.454 e. The lowest BCUT2D eigenvalue weighted by Crippen LogP contribution is -2.08. The van der Waals surface area contributed by atoms with E-state index < -0.39 is 5.82 Å². The van der Waals surface area contributed by atoms with Gasteiger partial charge in [-0.2, -0.15) is 0 Å². The molecule has 0 aromatic heterocycles. The second-order valence-corrected chi connectivity index (χ2v) is 4.38. The maximum atomic E-state index is 13.7. The Balaban J connectivity index is 2.33. The smallest absolute Gasteiger partial charge is 0.168 e. The van der Waals surface area contributed by atoms with Crippen LogP contribution >= 0.6 is 0 Å². The number of aliphatic hydroxyl groups is 1. The summed E-state index contributed by atoms with van der Waals surface area (Å²) in [6.07, 6.45) is 0. The molecule has 0 radical (unpaired) electrons. The van der Waals surface area contributed by atoms with Gasteiger partial charge >= 0.3 is 0 Å². The maximum absolute atomic E-state index is 13.7. The number of ether oxygens (including phenoxy) is 1. The van der Waals surface area contributed by atoms with Crippen LogP contribution < -0.4 is 9.64 Å². The van der Waals surface area contributed by atoms with E-state index in [0.717, 1.165) is 5.69 Å². The monoisotopic (exact) mass is 261 g/mol. The predicted molar refractivity (Wildman–Crippen MR) is 73.2 cm³/mol. The molecule has 0 heterocycles. The number of para-hydroxylation sites is 1. The van der Waals surface area contributed by atoms with Crippen LogP contribution in [0.4, 0.5) is 10.1 Å². The molecule has 0 aliphatic rings. The van der Waals surface area contributed by atoms with Crippen molar-refractivity contribution in [1.82, 2.24) is 0 Å². The predicted octanol–water partition coefficient (Wildman–Crippen LogP) is 3.18. The van der Waals surface area contributed by atoms with Gasteiger partial charge in [0.05, 0.1) is 6.61 Å². The molecule has 0 saturated heterocycles. The highest BCUT2D eigenvalue weighted by molar-refractivity contribution is 5.50. The van der Waals surface area contributed by atoms with Crippen molar-refractivity contribution in [2.45, 2.75) is 6.61 Å². The van der Waals surface area contributed by atoms with Crippen molar-refractivity contribution in [2.24, 2.45) is 0 Å². The first kappa shape index (κ1) is 13.4. The summed E-state index contributed by atoms with van der Waals surface area (Å²) in [4.78, 5) is 1.93. The van der Waals surface area contributed by atoms with Crippen molar-refractivity contribution in [3.05, 3.63) is 53.8 Å². The van der Waals surface area contributed by atoms with Crippen LogP contribution in [0.2, 0.25) is 0 Å². The minimum atomic E-state index is -0.484. The van der Waals surface area contributed by atoms with Gasteiger partial charge in [0.2, 0.25) is 0 Å². The number of halogens is 1. The van der Waals surface area contributed by atoms with E-state index in [1.165, 1.54) is 6.07 Å². The summed E-state index contributed by atoms with van der Waals surface area (Å²) in [5, 5.41) is 9.21.